The number of nitrogens with zero attached hydrogens (tertiary/aromatic N) is 2. The molecule has 5 heteroatoms. The Bertz CT molecular complexity index is 926. The third-order valence-corrected chi connectivity index (χ3v) is 6.90. The molecule has 2 aromatic rings. The van der Waals surface area contributed by atoms with Crippen molar-refractivity contribution in [3.8, 4) is 18.1 Å². The Morgan fingerprint density at radius 2 is 1.70 bits per heavy atom. The van der Waals surface area contributed by atoms with E-state index < -0.39 is 5.54 Å². The average molecular weight is 448 g/mol. The molecule has 176 valence electrons. The van der Waals surface area contributed by atoms with Crippen molar-refractivity contribution >= 4 is 11.6 Å². The molecule has 0 radical (unpaired) electrons. The largest absolute Gasteiger partial charge is 0.495 e. The highest BCUT2D eigenvalue weighted by atomic mass is 16.5. The third-order valence-electron chi connectivity index (χ3n) is 6.90. The van der Waals surface area contributed by atoms with Gasteiger partial charge >= 0.3 is 0 Å². The molecule has 1 aliphatic heterocycles. The Morgan fingerprint density at radius 3 is 2.30 bits per heavy atom. The van der Waals surface area contributed by atoms with Crippen LogP contribution in [0.15, 0.2) is 54.6 Å². The topological polar surface area (TPSA) is 44.8 Å². The molecule has 1 aliphatic rings. The molecule has 1 unspecified atom stereocenters. The minimum absolute atomic E-state index is 0.0236. The van der Waals surface area contributed by atoms with E-state index in [0.29, 0.717) is 0 Å². The third kappa shape index (κ3) is 6.09. The van der Waals surface area contributed by atoms with Gasteiger partial charge in [-0.25, -0.2) is 0 Å². The first-order valence-corrected chi connectivity index (χ1v) is 12.0. The lowest BCUT2D eigenvalue weighted by atomic mass is 9.89. The highest BCUT2D eigenvalue weighted by Crippen LogP contribution is 2.29. The number of hydrogen-bond acceptors (Lipinski definition) is 4. The molecular formula is C28H37N3O2. The van der Waals surface area contributed by atoms with E-state index in [1.54, 1.807) is 7.11 Å². The molecule has 1 N–H and O–H groups in total. The molecule has 33 heavy (non-hydrogen) atoms. The van der Waals surface area contributed by atoms with E-state index >= 15 is 0 Å². The molecule has 5 nitrogen and oxygen atoms in total. The summed E-state index contributed by atoms with van der Waals surface area (Å²) >= 11 is 0. The lowest BCUT2D eigenvalue weighted by Gasteiger charge is -2.37. The van der Waals surface area contributed by atoms with Crippen molar-refractivity contribution in [1.82, 2.24) is 10.2 Å². The summed E-state index contributed by atoms with van der Waals surface area (Å²) < 4.78 is 5.53. The van der Waals surface area contributed by atoms with Gasteiger partial charge in [0.05, 0.1) is 18.7 Å². The van der Waals surface area contributed by atoms with Crippen LogP contribution in [0.1, 0.15) is 44.6 Å². The van der Waals surface area contributed by atoms with Crippen LogP contribution in [0.2, 0.25) is 0 Å². The second kappa shape index (κ2) is 11.8. The number of terminal acetylenes is 1. The van der Waals surface area contributed by atoms with Crippen molar-refractivity contribution in [2.45, 2.75) is 44.6 Å². The first-order chi connectivity index (χ1) is 16.1. The number of piperazine rings is 1. The van der Waals surface area contributed by atoms with Gasteiger partial charge in [-0.2, -0.15) is 0 Å². The van der Waals surface area contributed by atoms with Crippen molar-refractivity contribution in [2.24, 2.45) is 0 Å². The molecule has 0 saturated carbocycles. The highest BCUT2D eigenvalue weighted by Gasteiger charge is 2.30. The maximum Gasteiger partial charge on any atom is 0.228 e. The van der Waals surface area contributed by atoms with Crippen LogP contribution < -0.4 is 15.0 Å². The molecule has 1 atom stereocenters. The number of para-hydroxylation sites is 2. The Hall–Kier alpha value is -2.97. The second-order valence-corrected chi connectivity index (χ2v) is 8.68. The number of hydrogen-bond donors (Lipinski definition) is 1. The van der Waals surface area contributed by atoms with Gasteiger partial charge in [0.15, 0.2) is 0 Å². The summed E-state index contributed by atoms with van der Waals surface area (Å²) in [6.07, 6.45) is 8.01. The van der Waals surface area contributed by atoms with E-state index in [0.717, 1.165) is 69.0 Å². The number of carbonyl (C=O) groups excluding carboxylic acids is 1. The number of methoxy groups -OCH3 is 1. The van der Waals surface area contributed by atoms with Gasteiger partial charge in [-0.3, -0.25) is 9.69 Å². The number of rotatable bonds is 10. The van der Waals surface area contributed by atoms with Crippen LogP contribution in [0.4, 0.5) is 5.69 Å². The number of carbonyl (C=O) groups is 1. The zero-order valence-electron chi connectivity index (χ0n) is 20.2. The molecule has 1 fully saturated rings. The van der Waals surface area contributed by atoms with Gasteiger partial charge < -0.3 is 15.0 Å². The van der Waals surface area contributed by atoms with Crippen molar-refractivity contribution in [2.75, 3.05) is 44.7 Å². The van der Waals surface area contributed by atoms with Crippen LogP contribution in [0, 0.1) is 12.3 Å². The lowest BCUT2D eigenvalue weighted by Crippen LogP contribution is -2.49. The van der Waals surface area contributed by atoms with Crippen molar-refractivity contribution in [3.63, 3.8) is 0 Å². The number of anilines is 1. The van der Waals surface area contributed by atoms with E-state index in [1.165, 1.54) is 0 Å². The molecule has 1 amide bonds. The van der Waals surface area contributed by atoms with Gasteiger partial charge in [-0.15, -0.1) is 6.42 Å². The molecular weight excluding hydrogens is 410 g/mol. The minimum Gasteiger partial charge on any atom is -0.495 e. The summed E-state index contributed by atoms with van der Waals surface area (Å²) in [5.74, 6) is 3.55. The Balaban J connectivity index is 1.64. The monoisotopic (exact) mass is 447 g/mol. The Labute approximate surface area is 199 Å². The fourth-order valence-corrected chi connectivity index (χ4v) is 4.54. The maximum absolute atomic E-state index is 13.4. The van der Waals surface area contributed by atoms with Crippen LogP contribution in [0.25, 0.3) is 0 Å². The fourth-order valence-electron chi connectivity index (χ4n) is 4.54. The average Bonchev–Trinajstić information content (AvgIpc) is 2.88. The minimum atomic E-state index is -0.579. The van der Waals surface area contributed by atoms with Gasteiger partial charge in [-0.05, 0) is 43.5 Å². The molecule has 0 spiro atoms. The summed E-state index contributed by atoms with van der Waals surface area (Å²) in [6, 6.07) is 18.2. The number of ether oxygens (including phenoxy) is 1. The molecule has 0 aliphatic carbocycles. The zero-order valence-corrected chi connectivity index (χ0v) is 20.2. The fraction of sp³-hybridized carbons (Fsp3) is 0.464. The lowest BCUT2D eigenvalue weighted by molar-refractivity contribution is -0.124. The number of nitrogens with one attached hydrogen (secondary N) is 1. The van der Waals surface area contributed by atoms with E-state index in [-0.39, 0.29) is 11.8 Å². The normalized spacial score (nSPS) is 15.5. The van der Waals surface area contributed by atoms with E-state index in [1.807, 2.05) is 56.3 Å². The molecule has 2 aromatic carbocycles. The van der Waals surface area contributed by atoms with Crippen molar-refractivity contribution in [1.29, 1.82) is 0 Å². The molecule has 1 saturated heterocycles. The van der Waals surface area contributed by atoms with E-state index in [9.17, 15) is 4.79 Å². The second-order valence-electron chi connectivity index (χ2n) is 8.68. The Kier molecular flexibility index (Phi) is 8.79. The summed E-state index contributed by atoms with van der Waals surface area (Å²) in [7, 11) is 1.72. The van der Waals surface area contributed by atoms with Gasteiger partial charge in [-0.1, -0.05) is 62.2 Å². The SMILES string of the molecule is C#CC(CC)(CC)NC(=O)C(CCN1CCN(c2ccccc2OC)CC1)c1ccccc1. The quantitative estimate of drug-likeness (QED) is 0.552. The molecule has 1 heterocycles. The van der Waals surface area contributed by atoms with Crippen molar-refractivity contribution < 1.29 is 9.53 Å². The van der Waals surface area contributed by atoms with Gasteiger partial charge in [0, 0.05) is 26.2 Å². The first kappa shape index (κ1) is 24.7. The summed E-state index contributed by atoms with van der Waals surface area (Å²) in [4.78, 5) is 18.2. The molecule has 0 bridgehead atoms. The molecule has 0 aromatic heterocycles. The van der Waals surface area contributed by atoms with Crippen LogP contribution in [-0.2, 0) is 4.79 Å². The van der Waals surface area contributed by atoms with Gasteiger partial charge in [0.25, 0.3) is 0 Å². The van der Waals surface area contributed by atoms with Crippen LogP contribution in [-0.4, -0.2) is 56.2 Å². The first-order valence-electron chi connectivity index (χ1n) is 12.0. The smallest absolute Gasteiger partial charge is 0.228 e. The number of amides is 1. The van der Waals surface area contributed by atoms with E-state index in [2.05, 4.69) is 33.2 Å². The Morgan fingerprint density at radius 1 is 1.06 bits per heavy atom. The highest BCUT2D eigenvalue weighted by molar-refractivity contribution is 5.84. The zero-order chi connectivity index (χ0) is 23.7. The number of benzene rings is 2. The van der Waals surface area contributed by atoms with Crippen LogP contribution in [0.3, 0.4) is 0 Å². The summed E-state index contributed by atoms with van der Waals surface area (Å²) in [5, 5.41) is 3.19. The molecule has 3 rings (SSSR count). The maximum atomic E-state index is 13.4. The van der Waals surface area contributed by atoms with Gasteiger partial charge in [0.1, 0.15) is 11.3 Å². The van der Waals surface area contributed by atoms with Crippen LogP contribution in [0.5, 0.6) is 5.75 Å². The predicted octanol–water partition coefficient (Wildman–Crippen LogP) is 4.30. The van der Waals surface area contributed by atoms with Crippen molar-refractivity contribution in [3.05, 3.63) is 60.2 Å². The summed E-state index contributed by atoms with van der Waals surface area (Å²) in [5.41, 5.74) is 1.61. The predicted molar refractivity (Wildman–Crippen MR) is 136 cm³/mol. The summed E-state index contributed by atoms with van der Waals surface area (Å²) in [6.45, 7) is 8.72. The van der Waals surface area contributed by atoms with E-state index in [4.69, 9.17) is 11.2 Å². The standard InChI is InChI=1S/C28H37N3O2/c1-5-28(6-2,7-3)29-27(32)24(23-13-9-8-10-14-23)17-18-30-19-21-31(22-20-30)25-15-11-12-16-26(25)33-4/h1,8-16,24H,6-7,17-22H2,2-4H3,(H,29,32). The van der Waals surface area contributed by atoms with Crippen LogP contribution >= 0.6 is 0 Å². The van der Waals surface area contributed by atoms with Gasteiger partial charge in [0.2, 0.25) is 5.91 Å².